The first-order valence-electron chi connectivity index (χ1n) is 10.1. The van der Waals surface area contributed by atoms with Gasteiger partial charge in [-0.2, -0.15) is 0 Å². The molecule has 0 bridgehead atoms. The van der Waals surface area contributed by atoms with Crippen molar-refractivity contribution < 1.29 is 9.47 Å². The lowest BCUT2D eigenvalue weighted by Gasteiger charge is -2.20. The highest BCUT2D eigenvalue weighted by atomic mass is 16.5. The van der Waals surface area contributed by atoms with Gasteiger partial charge in [-0.3, -0.25) is 9.89 Å². The average Bonchev–Trinajstić information content (AvgIpc) is 2.78. The second-order valence-corrected chi connectivity index (χ2v) is 6.70. The first-order chi connectivity index (χ1) is 14.1. The van der Waals surface area contributed by atoms with E-state index in [0.29, 0.717) is 6.54 Å². The Balaban J connectivity index is 1.96. The molecule has 0 atom stereocenters. The Morgan fingerprint density at radius 3 is 2.17 bits per heavy atom. The lowest BCUT2D eigenvalue weighted by atomic mass is 10.1. The highest BCUT2D eigenvalue weighted by Crippen LogP contribution is 2.27. The van der Waals surface area contributed by atoms with Crippen molar-refractivity contribution in [1.82, 2.24) is 15.5 Å². The van der Waals surface area contributed by atoms with Crippen molar-refractivity contribution in [2.24, 2.45) is 4.99 Å². The number of benzene rings is 2. The second kappa shape index (κ2) is 12.0. The molecule has 158 valence electrons. The normalized spacial score (nSPS) is 11.4. The van der Waals surface area contributed by atoms with Gasteiger partial charge in [0.25, 0.3) is 0 Å². The minimum absolute atomic E-state index is 0.640. The topological polar surface area (TPSA) is 58.1 Å². The van der Waals surface area contributed by atoms with Crippen LogP contribution in [0.3, 0.4) is 0 Å². The first kappa shape index (κ1) is 22.6. The molecule has 0 spiro atoms. The van der Waals surface area contributed by atoms with Gasteiger partial charge < -0.3 is 20.1 Å². The summed E-state index contributed by atoms with van der Waals surface area (Å²) in [5, 5.41) is 6.78. The molecule has 29 heavy (non-hydrogen) atoms. The summed E-state index contributed by atoms with van der Waals surface area (Å²) in [5.74, 6) is 2.21. The van der Waals surface area contributed by atoms with Gasteiger partial charge in [0.05, 0.1) is 14.2 Å². The van der Waals surface area contributed by atoms with E-state index in [9.17, 15) is 0 Å². The number of nitrogens with one attached hydrogen (secondary N) is 2. The van der Waals surface area contributed by atoms with Gasteiger partial charge in [0.2, 0.25) is 0 Å². The Labute approximate surface area is 174 Å². The van der Waals surface area contributed by atoms with Crippen LogP contribution in [-0.4, -0.2) is 45.2 Å². The van der Waals surface area contributed by atoms with Crippen LogP contribution in [-0.2, 0) is 19.6 Å². The maximum atomic E-state index is 5.38. The van der Waals surface area contributed by atoms with Gasteiger partial charge in [0, 0.05) is 26.7 Å². The van der Waals surface area contributed by atoms with Crippen LogP contribution >= 0.6 is 0 Å². The van der Waals surface area contributed by atoms with Crippen LogP contribution in [0.4, 0.5) is 0 Å². The van der Waals surface area contributed by atoms with Gasteiger partial charge in [0.15, 0.2) is 17.5 Å². The number of hydrogen-bond donors (Lipinski definition) is 2. The Morgan fingerprint density at radius 1 is 0.897 bits per heavy atom. The summed E-state index contributed by atoms with van der Waals surface area (Å²) in [6, 6.07) is 14.5. The van der Waals surface area contributed by atoms with Crippen LogP contribution in [0.15, 0.2) is 47.5 Å². The zero-order valence-corrected chi connectivity index (χ0v) is 18.3. The molecule has 0 aliphatic rings. The molecule has 0 amide bonds. The second-order valence-electron chi connectivity index (χ2n) is 6.70. The molecule has 2 aromatic carbocycles. The van der Waals surface area contributed by atoms with E-state index in [1.54, 1.807) is 21.3 Å². The van der Waals surface area contributed by atoms with Gasteiger partial charge in [-0.1, -0.05) is 44.2 Å². The molecule has 2 rings (SSSR count). The largest absolute Gasteiger partial charge is 0.493 e. The molecule has 2 aromatic rings. The Morgan fingerprint density at radius 2 is 1.55 bits per heavy atom. The predicted octanol–water partition coefficient (Wildman–Crippen LogP) is 3.41. The van der Waals surface area contributed by atoms with Crippen LogP contribution in [0.2, 0.25) is 0 Å². The highest BCUT2D eigenvalue weighted by Gasteiger charge is 2.08. The van der Waals surface area contributed by atoms with Gasteiger partial charge >= 0.3 is 0 Å². The molecule has 0 aliphatic heterocycles. The summed E-state index contributed by atoms with van der Waals surface area (Å²) in [6.45, 7) is 8.82. The maximum absolute atomic E-state index is 5.38. The smallest absolute Gasteiger partial charge is 0.191 e. The van der Waals surface area contributed by atoms with E-state index >= 15 is 0 Å². The number of nitrogens with zero attached hydrogens (tertiary/aromatic N) is 2. The Kier molecular flexibility index (Phi) is 9.31. The fourth-order valence-corrected chi connectivity index (χ4v) is 3.15. The van der Waals surface area contributed by atoms with Gasteiger partial charge in [-0.15, -0.1) is 0 Å². The molecule has 0 aliphatic carbocycles. The van der Waals surface area contributed by atoms with Gasteiger partial charge in [-0.05, 0) is 41.9 Å². The van der Waals surface area contributed by atoms with Crippen LogP contribution in [0, 0.1) is 0 Å². The third-order valence-electron chi connectivity index (χ3n) is 4.98. The molecular formula is C23H34N4O2. The van der Waals surface area contributed by atoms with Crippen molar-refractivity contribution in [3.63, 3.8) is 0 Å². The van der Waals surface area contributed by atoms with Crippen LogP contribution in [0.1, 0.15) is 30.5 Å². The average molecular weight is 399 g/mol. The fraction of sp³-hybridized carbons (Fsp3) is 0.435. The van der Waals surface area contributed by atoms with Crippen molar-refractivity contribution in [2.45, 2.75) is 33.5 Å². The van der Waals surface area contributed by atoms with Gasteiger partial charge in [-0.25, -0.2) is 0 Å². The van der Waals surface area contributed by atoms with E-state index in [4.69, 9.17) is 9.47 Å². The number of methoxy groups -OCH3 is 2. The SMILES string of the molecule is CCN(CC)Cc1ccccc1CNC(=NC)NCc1ccc(OC)c(OC)c1. The number of ether oxygens (including phenoxy) is 2. The third kappa shape index (κ3) is 6.68. The monoisotopic (exact) mass is 398 g/mol. The molecule has 0 saturated heterocycles. The molecule has 0 unspecified atom stereocenters. The summed E-state index contributed by atoms with van der Waals surface area (Å²) in [5.41, 5.74) is 3.72. The number of rotatable bonds is 10. The van der Waals surface area contributed by atoms with E-state index in [1.165, 1.54) is 11.1 Å². The molecule has 6 nitrogen and oxygen atoms in total. The lowest BCUT2D eigenvalue weighted by Crippen LogP contribution is -2.36. The molecule has 6 heteroatoms. The zero-order valence-electron chi connectivity index (χ0n) is 18.3. The minimum Gasteiger partial charge on any atom is -0.493 e. The molecule has 0 heterocycles. The molecule has 0 saturated carbocycles. The van der Waals surface area contributed by atoms with Crippen LogP contribution < -0.4 is 20.1 Å². The standard InChI is InChI=1S/C23H34N4O2/c1-6-27(7-2)17-20-11-9-8-10-19(20)16-26-23(24-3)25-15-18-12-13-21(28-4)22(14-18)29-5/h8-14H,6-7,15-17H2,1-5H3,(H2,24,25,26). The van der Waals surface area contributed by atoms with Crippen LogP contribution in [0.5, 0.6) is 11.5 Å². The summed E-state index contributed by atoms with van der Waals surface area (Å²) in [6.07, 6.45) is 0. The van der Waals surface area contributed by atoms with Crippen molar-refractivity contribution in [3.05, 3.63) is 59.2 Å². The quantitative estimate of drug-likeness (QED) is 0.474. The van der Waals surface area contributed by atoms with Crippen LogP contribution in [0.25, 0.3) is 0 Å². The minimum atomic E-state index is 0.640. The summed E-state index contributed by atoms with van der Waals surface area (Å²) >= 11 is 0. The zero-order chi connectivity index (χ0) is 21.1. The Hall–Kier alpha value is -2.73. The number of guanidine groups is 1. The predicted molar refractivity (Wildman–Crippen MR) is 120 cm³/mol. The molecule has 0 radical (unpaired) electrons. The molecule has 0 aromatic heterocycles. The lowest BCUT2D eigenvalue weighted by molar-refractivity contribution is 0.295. The van der Waals surface area contributed by atoms with E-state index in [-0.39, 0.29) is 0 Å². The van der Waals surface area contributed by atoms with Crippen molar-refractivity contribution in [1.29, 1.82) is 0 Å². The number of aliphatic imine (C=N–C) groups is 1. The van der Waals surface area contributed by atoms with E-state index in [2.05, 4.69) is 58.6 Å². The number of hydrogen-bond acceptors (Lipinski definition) is 4. The summed E-state index contributed by atoms with van der Waals surface area (Å²) in [4.78, 5) is 6.77. The highest BCUT2D eigenvalue weighted by molar-refractivity contribution is 5.79. The molecule has 0 fully saturated rings. The van der Waals surface area contributed by atoms with E-state index in [0.717, 1.165) is 49.2 Å². The van der Waals surface area contributed by atoms with Crippen molar-refractivity contribution >= 4 is 5.96 Å². The molecular weight excluding hydrogens is 364 g/mol. The molecule has 2 N–H and O–H groups in total. The first-order valence-corrected chi connectivity index (χ1v) is 10.1. The van der Waals surface area contributed by atoms with E-state index in [1.807, 2.05) is 18.2 Å². The Bertz CT molecular complexity index is 788. The van der Waals surface area contributed by atoms with Crippen molar-refractivity contribution in [3.8, 4) is 11.5 Å². The fourth-order valence-electron chi connectivity index (χ4n) is 3.15. The maximum Gasteiger partial charge on any atom is 0.191 e. The van der Waals surface area contributed by atoms with Gasteiger partial charge in [0.1, 0.15) is 0 Å². The van der Waals surface area contributed by atoms with E-state index < -0.39 is 0 Å². The summed E-state index contributed by atoms with van der Waals surface area (Å²) in [7, 11) is 5.07. The summed E-state index contributed by atoms with van der Waals surface area (Å²) < 4.78 is 10.7. The third-order valence-corrected chi connectivity index (χ3v) is 4.98. The van der Waals surface area contributed by atoms with Crippen molar-refractivity contribution in [2.75, 3.05) is 34.4 Å².